The lowest BCUT2D eigenvalue weighted by molar-refractivity contribution is -0.384. The SMILES string of the molecule is Cc1cc(NC(=O)COc2cccc(Br)c2)c([N+](=O)[O-])cc1C. The lowest BCUT2D eigenvalue weighted by atomic mass is 10.1. The van der Waals surface area contributed by atoms with E-state index in [1.165, 1.54) is 6.07 Å². The van der Waals surface area contributed by atoms with Crippen LogP contribution in [-0.2, 0) is 4.79 Å². The second kappa shape index (κ2) is 7.23. The van der Waals surface area contributed by atoms with Crippen LogP contribution >= 0.6 is 15.9 Å². The fourth-order valence-electron chi connectivity index (χ4n) is 1.94. The molecule has 2 rings (SSSR count). The minimum atomic E-state index is -0.517. The summed E-state index contributed by atoms with van der Waals surface area (Å²) in [6.45, 7) is 3.37. The van der Waals surface area contributed by atoms with E-state index in [9.17, 15) is 14.9 Å². The Balaban J connectivity index is 2.08. The van der Waals surface area contributed by atoms with Gasteiger partial charge in [0, 0.05) is 10.5 Å². The van der Waals surface area contributed by atoms with Crippen molar-refractivity contribution >= 4 is 33.2 Å². The van der Waals surface area contributed by atoms with Gasteiger partial charge in [-0.2, -0.15) is 0 Å². The summed E-state index contributed by atoms with van der Waals surface area (Å²) >= 11 is 3.31. The number of carbonyl (C=O) groups is 1. The van der Waals surface area contributed by atoms with E-state index < -0.39 is 10.8 Å². The first kappa shape index (κ1) is 17.0. The molecule has 0 aliphatic carbocycles. The van der Waals surface area contributed by atoms with Gasteiger partial charge in [0.25, 0.3) is 11.6 Å². The van der Waals surface area contributed by atoms with E-state index in [2.05, 4.69) is 21.2 Å². The van der Waals surface area contributed by atoms with Gasteiger partial charge in [0.2, 0.25) is 0 Å². The molecule has 1 amide bonds. The Labute approximate surface area is 141 Å². The largest absolute Gasteiger partial charge is 0.484 e. The van der Waals surface area contributed by atoms with E-state index in [1.807, 2.05) is 13.0 Å². The molecule has 0 fully saturated rings. The number of ether oxygens (including phenoxy) is 1. The van der Waals surface area contributed by atoms with E-state index in [-0.39, 0.29) is 18.0 Å². The highest BCUT2D eigenvalue weighted by Crippen LogP contribution is 2.28. The average Bonchev–Trinajstić information content (AvgIpc) is 2.48. The van der Waals surface area contributed by atoms with Crippen LogP contribution in [0.4, 0.5) is 11.4 Å². The molecule has 0 aromatic heterocycles. The number of benzene rings is 2. The van der Waals surface area contributed by atoms with Crippen LogP contribution in [0.5, 0.6) is 5.75 Å². The number of hydrogen-bond acceptors (Lipinski definition) is 4. The number of rotatable bonds is 5. The molecular weight excluding hydrogens is 364 g/mol. The molecule has 0 saturated heterocycles. The summed E-state index contributed by atoms with van der Waals surface area (Å²) < 4.78 is 6.20. The Morgan fingerprint density at radius 2 is 1.96 bits per heavy atom. The zero-order chi connectivity index (χ0) is 17.0. The second-order valence-corrected chi connectivity index (χ2v) is 5.92. The molecular formula is C16H15BrN2O4. The topological polar surface area (TPSA) is 81.5 Å². The number of anilines is 1. The summed E-state index contributed by atoms with van der Waals surface area (Å²) in [5, 5.41) is 13.6. The van der Waals surface area contributed by atoms with Crippen molar-refractivity contribution in [2.24, 2.45) is 0 Å². The van der Waals surface area contributed by atoms with Gasteiger partial charge in [-0.25, -0.2) is 0 Å². The monoisotopic (exact) mass is 378 g/mol. The van der Waals surface area contributed by atoms with Crippen molar-refractivity contribution in [3.63, 3.8) is 0 Å². The zero-order valence-corrected chi connectivity index (χ0v) is 14.2. The van der Waals surface area contributed by atoms with Gasteiger partial charge in [-0.3, -0.25) is 14.9 Å². The van der Waals surface area contributed by atoms with Crippen LogP contribution < -0.4 is 10.1 Å². The number of carbonyl (C=O) groups excluding carboxylic acids is 1. The normalized spacial score (nSPS) is 10.2. The van der Waals surface area contributed by atoms with Crippen molar-refractivity contribution in [2.75, 3.05) is 11.9 Å². The maximum atomic E-state index is 12.0. The predicted molar refractivity (Wildman–Crippen MR) is 90.8 cm³/mol. The third kappa shape index (κ3) is 4.53. The molecule has 2 aromatic carbocycles. The van der Waals surface area contributed by atoms with Crippen molar-refractivity contribution in [3.05, 3.63) is 62.1 Å². The van der Waals surface area contributed by atoms with Crippen molar-refractivity contribution in [3.8, 4) is 5.75 Å². The molecule has 0 aliphatic rings. The summed E-state index contributed by atoms with van der Waals surface area (Å²) in [5.74, 6) is 0.0699. The van der Waals surface area contributed by atoms with Crippen molar-refractivity contribution in [1.29, 1.82) is 0 Å². The summed E-state index contributed by atoms with van der Waals surface area (Å²) in [6, 6.07) is 10.1. The number of nitrogens with zero attached hydrogens (tertiary/aromatic N) is 1. The maximum Gasteiger partial charge on any atom is 0.293 e. The third-order valence-corrected chi connectivity index (χ3v) is 3.74. The standard InChI is InChI=1S/C16H15BrN2O4/c1-10-6-14(15(19(21)22)7-11(10)2)18-16(20)9-23-13-5-3-4-12(17)8-13/h3-8H,9H2,1-2H3,(H,18,20). The van der Waals surface area contributed by atoms with Crippen LogP contribution in [-0.4, -0.2) is 17.4 Å². The molecule has 1 N–H and O–H groups in total. The van der Waals surface area contributed by atoms with E-state index in [0.29, 0.717) is 5.75 Å². The zero-order valence-electron chi connectivity index (χ0n) is 12.6. The minimum Gasteiger partial charge on any atom is -0.484 e. The molecule has 0 aliphatic heterocycles. The Kier molecular flexibility index (Phi) is 5.33. The van der Waals surface area contributed by atoms with Crippen molar-refractivity contribution in [1.82, 2.24) is 0 Å². The van der Waals surface area contributed by atoms with Crippen LogP contribution in [0.1, 0.15) is 11.1 Å². The fourth-order valence-corrected chi connectivity index (χ4v) is 2.32. The maximum absolute atomic E-state index is 12.0. The van der Waals surface area contributed by atoms with Gasteiger partial charge in [0.15, 0.2) is 6.61 Å². The van der Waals surface area contributed by atoms with Gasteiger partial charge in [-0.05, 0) is 49.2 Å². The number of nitrogens with one attached hydrogen (secondary N) is 1. The average molecular weight is 379 g/mol. The third-order valence-electron chi connectivity index (χ3n) is 3.25. The van der Waals surface area contributed by atoms with Crippen molar-refractivity contribution < 1.29 is 14.5 Å². The van der Waals surface area contributed by atoms with E-state index >= 15 is 0 Å². The van der Waals surface area contributed by atoms with Crippen LogP contribution in [0.25, 0.3) is 0 Å². The number of nitro benzene ring substituents is 1. The molecule has 23 heavy (non-hydrogen) atoms. The van der Waals surface area contributed by atoms with Gasteiger partial charge in [0.1, 0.15) is 11.4 Å². The molecule has 7 heteroatoms. The number of aryl methyl sites for hydroxylation is 2. The fraction of sp³-hybridized carbons (Fsp3) is 0.188. The number of amides is 1. The summed E-state index contributed by atoms with van der Waals surface area (Å²) in [4.78, 5) is 22.6. The first-order valence-electron chi connectivity index (χ1n) is 6.80. The van der Waals surface area contributed by atoms with Crippen LogP contribution in [0.2, 0.25) is 0 Å². The number of halogens is 1. The van der Waals surface area contributed by atoms with Crippen LogP contribution in [0, 0.1) is 24.0 Å². The number of hydrogen-bond donors (Lipinski definition) is 1. The first-order chi connectivity index (χ1) is 10.9. The molecule has 0 spiro atoms. The Hall–Kier alpha value is -2.41. The van der Waals surface area contributed by atoms with Gasteiger partial charge >= 0.3 is 0 Å². The Bertz CT molecular complexity index is 762. The quantitative estimate of drug-likeness (QED) is 0.629. The highest BCUT2D eigenvalue weighted by molar-refractivity contribution is 9.10. The molecule has 120 valence electrons. The highest BCUT2D eigenvalue weighted by Gasteiger charge is 2.17. The predicted octanol–water partition coefficient (Wildman–Crippen LogP) is 3.99. The molecule has 0 bridgehead atoms. The van der Waals surface area contributed by atoms with Gasteiger partial charge in [0.05, 0.1) is 4.92 Å². The molecule has 6 nitrogen and oxygen atoms in total. The second-order valence-electron chi connectivity index (χ2n) is 5.00. The Morgan fingerprint density at radius 1 is 1.26 bits per heavy atom. The molecule has 2 aromatic rings. The molecule has 0 radical (unpaired) electrons. The highest BCUT2D eigenvalue weighted by atomic mass is 79.9. The van der Waals surface area contributed by atoms with Gasteiger partial charge in [-0.15, -0.1) is 0 Å². The molecule has 0 unspecified atom stereocenters. The van der Waals surface area contributed by atoms with Crippen molar-refractivity contribution in [2.45, 2.75) is 13.8 Å². The lowest BCUT2D eigenvalue weighted by Crippen LogP contribution is -2.21. The molecule has 0 heterocycles. The van der Waals surface area contributed by atoms with Crippen LogP contribution in [0.15, 0.2) is 40.9 Å². The summed E-state index contributed by atoms with van der Waals surface area (Å²) in [6.07, 6.45) is 0. The minimum absolute atomic E-state index is 0.135. The lowest BCUT2D eigenvalue weighted by Gasteiger charge is -2.10. The summed E-state index contributed by atoms with van der Waals surface area (Å²) in [5.41, 5.74) is 1.68. The van der Waals surface area contributed by atoms with E-state index in [0.717, 1.165) is 15.6 Å². The van der Waals surface area contributed by atoms with Crippen LogP contribution in [0.3, 0.4) is 0 Å². The molecule has 0 saturated carbocycles. The van der Waals surface area contributed by atoms with Gasteiger partial charge < -0.3 is 10.1 Å². The van der Waals surface area contributed by atoms with E-state index in [4.69, 9.17) is 4.74 Å². The van der Waals surface area contributed by atoms with Gasteiger partial charge in [-0.1, -0.05) is 22.0 Å². The number of nitro groups is 1. The molecule has 0 atom stereocenters. The van der Waals surface area contributed by atoms with E-state index in [1.54, 1.807) is 31.2 Å². The Morgan fingerprint density at radius 3 is 2.61 bits per heavy atom. The smallest absolute Gasteiger partial charge is 0.293 e. The first-order valence-corrected chi connectivity index (χ1v) is 7.60. The summed E-state index contributed by atoms with van der Waals surface area (Å²) in [7, 11) is 0.